The molecule has 0 unspecified atom stereocenters. The van der Waals surface area contributed by atoms with Crippen LogP contribution in [0.1, 0.15) is 0 Å². The van der Waals surface area contributed by atoms with Crippen LogP contribution in [0, 0.1) is 0 Å². The molecule has 1 N–H and O–H groups in total. The first-order chi connectivity index (χ1) is 16.8. The normalized spacial score (nSPS) is 11.5. The molecule has 1 heterocycles. The van der Waals surface area contributed by atoms with Gasteiger partial charge in [0.15, 0.2) is 0 Å². The predicted octanol–water partition coefficient (Wildman–Crippen LogP) is 9.30. The first-order valence-corrected chi connectivity index (χ1v) is 11.5. The highest BCUT2D eigenvalue weighted by Crippen LogP contribution is 2.41. The molecule has 1 aromatic heterocycles. The summed E-state index contributed by atoms with van der Waals surface area (Å²) >= 11 is 0. The summed E-state index contributed by atoms with van der Waals surface area (Å²) in [7, 11) is 0. The van der Waals surface area contributed by atoms with E-state index in [2.05, 4.69) is 121 Å². The Labute approximate surface area is 197 Å². The van der Waals surface area contributed by atoms with Gasteiger partial charge < -0.3 is 9.73 Å². The number of furan rings is 1. The summed E-state index contributed by atoms with van der Waals surface area (Å²) in [6, 6.07) is 42.5. The second-order valence-corrected chi connectivity index (χ2v) is 8.68. The molecule has 0 aliphatic rings. The lowest BCUT2D eigenvalue weighted by molar-refractivity contribution is 0.673. The molecule has 0 bridgehead atoms. The number of hydrogen-bond donors (Lipinski definition) is 1. The Bertz CT molecular complexity index is 1810. The van der Waals surface area contributed by atoms with Gasteiger partial charge in [-0.15, -0.1) is 0 Å². The molecule has 7 aromatic rings. The van der Waals surface area contributed by atoms with Gasteiger partial charge in [0.25, 0.3) is 0 Å². The van der Waals surface area contributed by atoms with Crippen molar-refractivity contribution in [2.24, 2.45) is 0 Å². The van der Waals surface area contributed by atoms with Gasteiger partial charge in [-0.2, -0.15) is 0 Å². The molecule has 0 atom stereocenters. The Balaban J connectivity index is 1.33. The molecule has 0 amide bonds. The summed E-state index contributed by atoms with van der Waals surface area (Å²) in [5, 5.41) is 10.7. The van der Waals surface area contributed by atoms with Crippen molar-refractivity contribution in [3.8, 4) is 11.1 Å². The Morgan fingerprint density at radius 1 is 0.441 bits per heavy atom. The van der Waals surface area contributed by atoms with E-state index in [1.54, 1.807) is 0 Å². The van der Waals surface area contributed by atoms with E-state index in [1.807, 2.05) is 6.07 Å². The Kier molecular flexibility index (Phi) is 4.18. The molecule has 0 spiro atoms. The third-order valence-electron chi connectivity index (χ3n) is 6.63. The van der Waals surface area contributed by atoms with E-state index in [4.69, 9.17) is 4.42 Å². The van der Waals surface area contributed by atoms with Gasteiger partial charge in [0, 0.05) is 33.6 Å². The van der Waals surface area contributed by atoms with Gasteiger partial charge in [-0.05, 0) is 51.6 Å². The number of benzene rings is 6. The fraction of sp³-hybridized carbons (Fsp3) is 0. The van der Waals surface area contributed by atoms with Crippen LogP contribution in [0.3, 0.4) is 0 Å². The number of hydrogen-bond acceptors (Lipinski definition) is 2. The molecule has 2 heteroatoms. The summed E-state index contributed by atoms with van der Waals surface area (Å²) in [5.41, 5.74) is 6.32. The van der Waals surface area contributed by atoms with E-state index < -0.39 is 0 Å². The van der Waals surface area contributed by atoms with E-state index >= 15 is 0 Å². The fourth-order valence-electron chi connectivity index (χ4n) is 5.03. The van der Waals surface area contributed by atoms with Gasteiger partial charge in [0.1, 0.15) is 11.2 Å². The average molecular weight is 436 g/mol. The Hall–Kier alpha value is -4.56. The zero-order valence-corrected chi connectivity index (χ0v) is 18.5. The first-order valence-electron chi connectivity index (χ1n) is 11.5. The van der Waals surface area contributed by atoms with Crippen LogP contribution < -0.4 is 5.32 Å². The predicted molar refractivity (Wildman–Crippen MR) is 144 cm³/mol. The lowest BCUT2D eigenvalue weighted by Gasteiger charge is -2.08. The molecule has 160 valence electrons. The first kappa shape index (κ1) is 19.0. The summed E-state index contributed by atoms with van der Waals surface area (Å²) in [4.78, 5) is 0. The van der Waals surface area contributed by atoms with Crippen molar-refractivity contribution in [1.29, 1.82) is 0 Å². The number of fused-ring (bicyclic) bond motifs is 8. The Morgan fingerprint density at radius 3 is 1.79 bits per heavy atom. The molecular formula is C32H21NO. The summed E-state index contributed by atoms with van der Waals surface area (Å²) in [6.45, 7) is 0. The minimum absolute atomic E-state index is 0.891. The molecule has 0 saturated carbocycles. The van der Waals surface area contributed by atoms with Crippen LogP contribution in [0.25, 0.3) is 54.6 Å². The monoisotopic (exact) mass is 435 g/mol. The van der Waals surface area contributed by atoms with Gasteiger partial charge in [-0.25, -0.2) is 0 Å². The molecule has 0 saturated heterocycles. The quantitative estimate of drug-likeness (QED) is 0.280. The smallest absolute Gasteiger partial charge is 0.143 e. The summed E-state index contributed by atoms with van der Waals surface area (Å²) in [6.07, 6.45) is 0. The van der Waals surface area contributed by atoms with Crippen molar-refractivity contribution in [2.45, 2.75) is 0 Å². The van der Waals surface area contributed by atoms with Gasteiger partial charge >= 0.3 is 0 Å². The largest absolute Gasteiger partial charge is 0.455 e. The highest BCUT2D eigenvalue weighted by molar-refractivity contribution is 6.30. The van der Waals surface area contributed by atoms with Crippen LogP contribution in [0.5, 0.6) is 0 Å². The highest BCUT2D eigenvalue weighted by Gasteiger charge is 2.15. The summed E-state index contributed by atoms with van der Waals surface area (Å²) < 4.78 is 6.49. The standard InChI is InChI=1S/C32H21NO/c1-2-8-21(9-3-1)22-14-16-23(17-15-22)33-24-18-19-29-30(20-24)34-32-28-13-7-5-11-26(28)25-10-4-6-12-27(25)31(29)32/h1-20,33H. The number of rotatable bonds is 3. The number of anilines is 2. The molecule has 0 aliphatic heterocycles. The van der Waals surface area contributed by atoms with E-state index in [0.29, 0.717) is 0 Å². The molecule has 0 radical (unpaired) electrons. The van der Waals surface area contributed by atoms with Crippen LogP contribution in [0.2, 0.25) is 0 Å². The van der Waals surface area contributed by atoms with Gasteiger partial charge in [0.2, 0.25) is 0 Å². The van der Waals surface area contributed by atoms with Crippen LogP contribution in [0.4, 0.5) is 11.4 Å². The van der Waals surface area contributed by atoms with Crippen LogP contribution >= 0.6 is 0 Å². The van der Waals surface area contributed by atoms with E-state index in [0.717, 1.165) is 33.3 Å². The molecule has 0 aliphatic carbocycles. The second-order valence-electron chi connectivity index (χ2n) is 8.68. The average Bonchev–Trinajstić information content (AvgIpc) is 3.29. The maximum Gasteiger partial charge on any atom is 0.143 e. The molecular weight excluding hydrogens is 414 g/mol. The molecule has 0 fully saturated rings. The van der Waals surface area contributed by atoms with Crippen LogP contribution in [-0.4, -0.2) is 0 Å². The SMILES string of the molecule is c1ccc(-c2ccc(Nc3ccc4c(c3)oc3c5ccccc5c5ccccc5c43)cc2)cc1. The lowest BCUT2D eigenvalue weighted by atomic mass is 9.97. The summed E-state index contributed by atoms with van der Waals surface area (Å²) in [5.74, 6) is 0. The van der Waals surface area contributed by atoms with Gasteiger partial charge in [-0.3, -0.25) is 0 Å². The second kappa shape index (κ2) is 7.50. The van der Waals surface area contributed by atoms with Crippen molar-refractivity contribution in [3.63, 3.8) is 0 Å². The fourth-order valence-corrected chi connectivity index (χ4v) is 5.03. The van der Waals surface area contributed by atoms with Crippen molar-refractivity contribution in [1.82, 2.24) is 0 Å². The highest BCUT2D eigenvalue weighted by atomic mass is 16.3. The zero-order valence-electron chi connectivity index (χ0n) is 18.5. The lowest BCUT2D eigenvalue weighted by Crippen LogP contribution is -1.89. The maximum atomic E-state index is 6.49. The van der Waals surface area contributed by atoms with Gasteiger partial charge in [0.05, 0.1) is 0 Å². The maximum absolute atomic E-state index is 6.49. The van der Waals surface area contributed by atoms with Crippen LogP contribution in [-0.2, 0) is 0 Å². The van der Waals surface area contributed by atoms with E-state index in [-0.39, 0.29) is 0 Å². The molecule has 34 heavy (non-hydrogen) atoms. The van der Waals surface area contributed by atoms with Crippen molar-refractivity contribution >= 4 is 54.9 Å². The number of nitrogens with one attached hydrogen (secondary N) is 1. The minimum atomic E-state index is 0.891. The van der Waals surface area contributed by atoms with Crippen molar-refractivity contribution in [2.75, 3.05) is 5.32 Å². The van der Waals surface area contributed by atoms with Gasteiger partial charge in [-0.1, -0.05) is 91.0 Å². The Morgan fingerprint density at radius 2 is 1.03 bits per heavy atom. The third-order valence-corrected chi connectivity index (χ3v) is 6.63. The topological polar surface area (TPSA) is 25.2 Å². The third kappa shape index (κ3) is 2.96. The molecule has 2 nitrogen and oxygen atoms in total. The van der Waals surface area contributed by atoms with Crippen LogP contribution in [0.15, 0.2) is 126 Å². The minimum Gasteiger partial charge on any atom is -0.455 e. The zero-order chi connectivity index (χ0) is 22.5. The molecule has 7 rings (SSSR count). The van der Waals surface area contributed by atoms with Crippen molar-refractivity contribution < 1.29 is 4.42 Å². The van der Waals surface area contributed by atoms with Crippen molar-refractivity contribution in [3.05, 3.63) is 121 Å². The molecule has 6 aromatic carbocycles. The van der Waals surface area contributed by atoms with E-state index in [9.17, 15) is 0 Å². The van der Waals surface area contributed by atoms with E-state index in [1.165, 1.54) is 32.7 Å².